The van der Waals surface area contributed by atoms with Crippen LogP contribution in [0.5, 0.6) is 0 Å². The van der Waals surface area contributed by atoms with Gasteiger partial charge in [0.1, 0.15) is 11.6 Å². The molecule has 1 saturated heterocycles. The van der Waals surface area contributed by atoms with Gasteiger partial charge in [0.15, 0.2) is 0 Å². The summed E-state index contributed by atoms with van der Waals surface area (Å²) in [6.45, 7) is 8.89. The quantitative estimate of drug-likeness (QED) is 0.459. The standard InChI is InChI=1S/C27H36F2N4O2/c1-3-33(4-2)26(34)21-8-7-17-32(19-21)16-6-5-15-30-27(35)31-23-12-9-20(10-13-23)24-14-11-22(28)18-25(24)29/h9-14,18,21H,3-8,15-17,19H2,1-2H3,(H2,30,31,35). The highest BCUT2D eigenvalue weighted by Crippen LogP contribution is 2.25. The summed E-state index contributed by atoms with van der Waals surface area (Å²) < 4.78 is 27.0. The van der Waals surface area contributed by atoms with Gasteiger partial charge < -0.3 is 20.4 Å². The van der Waals surface area contributed by atoms with Crippen molar-refractivity contribution in [1.29, 1.82) is 0 Å². The molecule has 6 nitrogen and oxygen atoms in total. The van der Waals surface area contributed by atoms with E-state index in [9.17, 15) is 18.4 Å². The number of hydrogen-bond donors (Lipinski definition) is 2. The van der Waals surface area contributed by atoms with E-state index in [4.69, 9.17) is 0 Å². The summed E-state index contributed by atoms with van der Waals surface area (Å²) >= 11 is 0. The maximum absolute atomic E-state index is 13.9. The summed E-state index contributed by atoms with van der Waals surface area (Å²) in [5.74, 6) is -0.877. The largest absolute Gasteiger partial charge is 0.343 e. The minimum absolute atomic E-state index is 0.0958. The van der Waals surface area contributed by atoms with Gasteiger partial charge in [0, 0.05) is 43.5 Å². The predicted molar refractivity (Wildman–Crippen MR) is 135 cm³/mol. The molecular formula is C27H36F2N4O2. The van der Waals surface area contributed by atoms with Crippen LogP contribution in [0.2, 0.25) is 0 Å². The summed E-state index contributed by atoms with van der Waals surface area (Å²) in [6.07, 6.45) is 3.81. The van der Waals surface area contributed by atoms with Crippen molar-refractivity contribution in [3.63, 3.8) is 0 Å². The molecule has 0 saturated carbocycles. The Labute approximate surface area is 206 Å². The first kappa shape index (κ1) is 26.6. The maximum Gasteiger partial charge on any atom is 0.319 e. The van der Waals surface area contributed by atoms with Crippen molar-refractivity contribution in [3.05, 3.63) is 54.1 Å². The molecule has 1 aliphatic heterocycles. The Hall–Kier alpha value is -3.00. The van der Waals surface area contributed by atoms with Crippen LogP contribution in [0.3, 0.4) is 0 Å². The first-order valence-corrected chi connectivity index (χ1v) is 12.5. The van der Waals surface area contributed by atoms with Crippen molar-refractivity contribution in [3.8, 4) is 11.1 Å². The summed E-state index contributed by atoms with van der Waals surface area (Å²) in [5.41, 5.74) is 1.50. The third-order valence-corrected chi connectivity index (χ3v) is 6.50. The summed E-state index contributed by atoms with van der Waals surface area (Å²) in [4.78, 5) is 29.1. The number of urea groups is 1. The molecule has 1 heterocycles. The Kier molecular flexibility index (Phi) is 10.0. The van der Waals surface area contributed by atoms with Crippen molar-refractivity contribution in [2.24, 2.45) is 5.92 Å². The van der Waals surface area contributed by atoms with Crippen LogP contribution in [0.1, 0.15) is 39.5 Å². The Morgan fingerprint density at radius 3 is 2.49 bits per heavy atom. The van der Waals surface area contributed by atoms with E-state index in [1.807, 2.05) is 18.7 Å². The fourth-order valence-electron chi connectivity index (χ4n) is 4.55. The van der Waals surface area contributed by atoms with E-state index in [-0.39, 0.29) is 17.9 Å². The topological polar surface area (TPSA) is 64.7 Å². The Morgan fingerprint density at radius 2 is 1.80 bits per heavy atom. The summed E-state index contributed by atoms with van der Waals surface area (Å²) in [7, 11) is 0. The van der Waals surface area contributed by atoms with E-state index in [1.54, 1.807) is 24.3 Å². The third kappa shape index (κ3) is 7.75. The van der Waals surface area contributed by atoms with E-state index in [0.717, 1.165) is 64.5 Å². The number of unbranched alkanes of at least 4 members (excludes halogenated alkanes) is 1. The van der Waals surface area contributed by atoms with Crippen LogP contribution in [0.4, 0.5) is 19.3 Å². The van der Waals surface area contributed by atoms with Gasteiger partial charge in [-0.2, -0.15) is 0 Å². The first-order valence-electron chi connectivity index (χ1n) is 12.5. The SMILES string of the molecule is CCN(CC)C(=O)C1CCCN(CCCCNC(=O)Nc2ccc(-c3ccc(F)cc3F)cc2)C1. The average Bonchev–Trinajstić information content (AvgIpc) is 2.85. The molecule has 0 spiro atoms. The fraction of sp³-hybridized carbons (Fsp3) is 0.481. The molecule has 1 aliphatic rings. The molecule has 3 amide bonds. The summed E-state index contributed by atoms with van der Waals surface area (Å²) in [6, 6.07) is 9.90. The van der Waals surface area contributed by atoms with Gasteiger partial charge in [0.25, 0.3) is 0 Å². The molecule has 1 atom stereocenters. The van der Waals surface area contributed by atoms with Crippen molar-refractivity contribution in [2.75, 3.05) is 44.6 Å². The number of halogens is 2. The highest BCUT2D eigenvalue weighted by molar-refractivity contribution is 5.89. The molecule has 1 fully saturated rings. The third-order valence-electron chi connectivity index (χ3n) is 6.50. The van der Waals surface area contributed by atoms with Crippen molar-refractivity contribution >= 4 is 17.6 Å². The molecule has 0 radical (unpaired) electrons. The number of nitrogens with one attached hydrogen (secondary N) is 2. The molecule has 0 aliphatic carbocycles. The lowest BCUT2D eigenvalue weighted by molar-refractivity contribution is -0.137. The van der Waals surface area contributed by atoms with Gasteiger partial charge in [-0.05, 0) is 82.4 Å². The van der Waals surface area contributed by atoms with Crippen LogP contribution in [0, 0.1) is 17.6 Å². The Balaban J connectivity index is 1.35. The van der Waals surface area contributed by atoms with Gasteiger partial charge in [-0.25, -0.2) is 13.6 Å². The van der Waals surface area contributed by atoms with E-state index in [2.05, 4.69) is 15.5 Å². The smallest absolute Gasteiger partial charge is 0.319 e. The number of rotatable bonds is 10. The zero-order valence-corrected chi connectivity index (χ0v) is 20.7. The lowest BCUT2D eigenvalue weighted by Gasteiger charge is -2.34. The molecule has 3 rings (SSSR count). The Bertz CT molecular complexity index is 980. The number of carbonyl (C=O) groups is 2. The van der Waals surface area contributed by atoms with Crippen LogP contribution >= 0.6 is 0 Å². The lowest BCUT2D eigenvalue weighted by Crippen LogP contribution is -2.45. The molecule has 1 unspecified atom stereocenters. The number of nitrogens with zero attached hydrogens (tertiary/aromatic N) is 2. The molecule has 2 aromatic carbocycles. The van der Waals surface area contributed by atoms with E-state index < -0.39 is 11.6 Å². The van der Waals surface area contributed by atoms with Gasteiger partial charge in [-0.1, -0.05) is 12.1 Å². The molecule has 0 bridgehead atoms. The molecule has 35 heavy (non-hydrogen) atoms. The number of amides is 3. The highest BCUT2D eigenvalue weighted by Gasteiger charge is 2.27. The Morgan fingerprint density at radius 1 is 1.06 bits per heavy atom. The van der Waals surface area contributed by atoms with E-state index >= 15 is 0 Å². The van der Waals surface area contributed by atoms with Crippen molar-refractivity contribution in [2.45, 2.75) is 39.5 Å². The number of hydrogen-bond acceptors (Lipinski definition) is 3. The van der Waals surface area contributed by atoms with Crippen LogP contribution in [-0.2, 0) is 4.79 Å². The molecule has 8 heteroatoms. The summed E-state index contributed by atoms with van der Waals surface area (Å²) in [5, 5.41) is 5.62. The second-order valence-corrected chi connectivity index (χ2v) is 8.94. The number of piperidine rings is 1. The average molecular weight is 487 g/mol. The fourth-order valence-corrected chi connectivity index (χ4v) is 4.55. The molecule has 2 N–H and O–H groups in total. The second-order valence-electron chi connectivity index (χ2n) is 8.94. The lowest BCUT2D eigenvalue weighted by atomic mass is 9.96. The zero-order chi connectivity index (χ0) is 25.2. The minimum Gasteiger partial charge on any atom is -0.343 e. The van der Waals surface area contributed by atoms with Gasteiger partial charge in [-0.3, -0.25) is 4.79 Å². The van der Waals surface area contributed by atoms with Gasteiger partial charge in [0.05, 0.1) is 5.92 Å². The van der Waals surface area contributed by atoms with Crippen LogP contribution in [0.25, 0.3) is 11.1 Å². The number of likely N-dealkylation sites (tertiary alicyclic amines) is 1. The zero-order valence-electron chi connectivity index (χ0n) is 20.7. The van der Waals surface area contributed by atoms with Gasteiger partial charge in [-0.15, -0.1) is 0 Å². The maximum atomic E-state index is 13.9. The first-order chi connectivity index (χ1) is 16.9. The van der Waals surface area contributed by atoms with E-state index in [0.29, 0.717) is 23.4 Å². The normalized spacial score (nSPS) is 16.1. The van der Waals surface area contributed by atoms with Gasteiger partial charge >= 0.3 is 6.03 Å². The van der Waals surface area contributed by atoms with Crippen molar-refractivity contribution < 1.29 is 18.4 Å². The van der Waals surface area contributed by atoms with Crippen molar-refractivity contribution in [1.82, 2.24) is 15.1 Å². The number of anilines is 1. The van der Waals surface area contributed by atoms with Crippen LogP contribution < -0.4 is 10.6 Å². The minimum atomic E-state index is -0.626. The highest BCUT2D eigenvalue weighted by atomic mass is 19.1. The predicted octanol–water partition coefficient (Wildman–Crippen LogP) is 5.11. The molecule has 0 aromatic heterocycles. The number of benzene rings is 2. The second kappa shape index (κ2) is 13.2. The molecule has 190 valence electrons. The number of carbonyl (C=O) groups excluding carboxylic acids is 2. The van der Waals surface area contributed by atoms with Crippen LogP contribution in [-0.4, -0.2) is 61.0 Å². The van der Waals surface area contributed by atoms with Crippen LogP contribution in [0.15, 0.2) is 42.5 Å². The molecule has 2 aromatic rings. The van der Waals surface area contributed by atoms with E-state index in [1.165, 1.54) is 12.1 Å². The molecular weight excluding hydrogens is 450 g/mol. The van der Waals surface area contributed by atoms with Gasteiger partial charge in [0.2, 0.25) is 5.91 Å². The monoisotopic (exact) mass is 486 g/mol.